The molecule has 7 heteroatoms. The molecule has 0 atom stereocenters. The number of nitrogens with one attached hydrogen (secondary N) is 3. The molecular weight excluding hydrogens is 300 g/mol. The number of rotatable bonds is 12. The van der Waals surface area contributed by atoms with Gasteiger partial charge < -0.3 is 10.6 Å². The van der Waals surface area contributed by atoms with Gasteiger partial charge in [-0.1, -0.05) is 39.5 Å². The van der Waals surface area contributed by atoms with E-state index in [1.54, 1.807) is 0 Å². The third kappa shape index (κ3) is 15.6. The minimum absolute atomic E-state index is 0.360. The van der Waals surface area contributed by atoms with Crippen LogP contribution in [-0.2, 0) is 10.0 Å². The Morgan fingerprint density at radius 2 is 1.73 bits per heavy atom. The Labute approximate surface area is 136 Å². The molecule has 6 nitrogen and oxygen atoms in total. The van der Waals surface area contributed by atoms with Crippen LogP contribution in [0.15, 0.2) is 4.99 Å². The second-order valence-electron chi connectivity index (χ2n) is 5.95. The molecule has 0 aliphatic rings. The zero-order valence-electron chi connectivity index (χ0n) is 14.6. The number of sulfonamides is 1. The molecule has 0 amide bonds. The summed E-state index contributed by atoms with van der Waals surface area (Å²) in [6.07, 6.45) is 7.35. The summed E-state index contributed by atoms with van der Waals surface area (Å²) in [5.41, 5.74) is 0. The maximum atomic E-state index is 11.0. The zero-order valence-corrected chi connectivity index (χ0v) is 15.4. The molecule has 0 rings (SSSR count). The first-order valence-electron chi connectivity index (χ1n) is 8.32. The van der Waals surface area contributed by atoms with Crippen LogP contribution in [0.3, 0.4) is 0 Å². The molecule has 0 aromatic rings. The third-order valence-electron chi connectivity index (χ3n) is 3.09. The Kier molecular flexibility index (Phi) is 12.2. The normalized spacial score (nSPS) is 12.7. The molecule has 0 aromatic carbocycles. The second-order valence-corrected chi connectivity index (χ2v) is 7.78. The summed E-state index contributed by atoms with van der Waals surface area (Å²) in [5, 5.41) is 6.28. The second kappa shape index (κ2) is 12.7. The molecule has 0 saturated carbocycles. The summed E-state index contributed by atoms with van der Waals surface area (Å²) >= 11 is 0. The summed E-state index contributed by atoms with van der Waals surface area (Å²) in [7, 11) is -3.12. The van der Waals surface area contributed by atoms with Crippen molar-refractivity contribution >= 4 is 16.0 Å². The van der Waals surface area contributed by atoms with Gasteiger partial charge in [-0.05, 0) is 19.3 Å². The van der Waals surface area contributed by atoms with Crippen LogP contribution in [0.4, 0.5) is 0 Å². The first-order chi connectivity index (χ1) is 10.3. The van der Waals surface area contributed by atoms with Crippen molar-refractivity contribution in [2.75, 3.05) is 32.4 Å². The highest BCUT2D eigenvalue weighted by Gasteiger charge is 2.00. The van der Waals surface area contributed by atoms with Crippen LogP contribution in [0.25, 0.3) is 0 Å². The van der Waals surface area contributed by atoms with Crippen molar-refractivity contribution in [2.45, 2.75) is 52.9 Å². The predicted octanol–water partition coefficient (Wildman–Crippen LogP) is 1.70. The number of unbranched alkanes of at least 4 members (excludes halogenated alkanes) is 3. The SMILES string of the molecule is CCNC(=NCCCCCCC(C)C)NCCNS(C)(=O)=O. The summed E-state index contributed by atoms with van der Waals surface area (Å²) in [5.74, 6) is 1.54. The number of guanidine groups is 1. The molecule has 0 fully saturated rings. The molecule has 0 spiro atoms. The minimum atomic E-state index is -3.12. The zero-order chi connectivity index (χ0) is 16.8. The molecule has 22 heavy (non-hydrogen) atoms. The first kappa shape index (κ1) is 21.2. The lowest BCUT2D eigenvalue weighted by Gasteiger charge is -2.11. The van der Waals surface area contributed by atoms with Gasteiger partial charge in [0.05, 0.1) is 6.26 Å². The van der Waals surface area contributed by atoms with Gasteiger partial charge in [0, 0.05) is 26.2 Å². The van der Waals surface area contributed by atoms with Gasteiger partial charge in [-0.25, -0.2) is 13.1 Å². The smallest absolute Gasteiger partial charge is 0.208 e. The molecule has 0 aliphatic heterocycles. The molecular formula is C15H34N4O2S. The van der Waals surface area contributed by atoms with E-state index in [0.717, 1.165) is 37.6 Å². The number of nitrogens with zero attached hydrogens (tertiary/aromatic N) is 1. The lowest BCUT2D eigenvalue weighted by atomic mass is 10.0. The molecule has 0 saturated heterocycles. The lowest BCUT2D eigenvalue weighted by molar-refractivity contribution is 0.521. The van der Waals surface area contributed by atoms with Gasteiger partial charge >= 0.3 is 0 Å². The molecule has 132 valence electrons. The van der Waals surface area contributed by atoms with Crippen molar-refractivity contribution in [3.8, 4) is 0 Å². The quantitative estimate of drug-likeness (QED) is 0.288. The largest absolute Gasteiger partial charge is 0.357 e. The number of aliphatic imine (C=N–C) groups is 1. The van der Waals surface area contributed by atoms with Crippen LogP contribution in [0.2, 0.25) is 0 Å². The summed E-state index contributed by atoms with van der Waals surface area (Å²) in [4.78, 5) is 4.50. The van der Waals surface area contributed by atoms with E-state index in [9.17, 15) is 8.42 Å². The van der Waals surface area contributed by atoms with E-state index >= 15 is 0 Å². The van der Waals surface area contributed by atoms with E-state index in [1.165, 1.54) is 25.7 Å². The molecule has 0 aliphatic carbocycles. The summed E-state index contributed by atoms with van der Waals surface area (Å²) in [6.45, 7) is 9.01. The van der Waals surface area contributed by atoms with E-state index in [1.807, 2.05) is 6.92 Å². The van der Waals surface area contributed by atoms with Crippen LogP contribution in [0.5, 0.6) is 0 Å². The fourth-order valence-corrected chi connectivity index (χ4v) is 2.44. The standard InChI is InChI=1S/C15H34N4O2S/c1-5-16-15(18-12-13-19-22(4,20)21)17-11-9-7-6-8-10-14(2)3/h14,19H,5-13H2,1-4H3,(H2,16,17,18). The Balaban J connectivity index is 3.81. The average molecular weight is 335 g/mol. The Morgan fingerprint density at radius 3 is 2.32 bits per heavy atom. The van der Waals surface area contributed by atoms with E-state index < -0.39 is 10.0 Å². The Hall–Kier alpha value is -0.820. The van der Waals surface area contributed by atoms with Gasteiger partial charge in [-0.2, -0.15) is 0 Å². The van der Waals surface area contributed by atoms with Crippen LogP contribution in [0.1, 0.15) is 52.9 Å². The van der Waals surface area contributed by atoms with Gasteiger partial charge in [0.1, 0.15) is 0 Å². The van der Waals surface area contributed by atoms with Crippen LogP contribution < -0.4 is 15.4 Å². The van der Waals surface area contributed by atoms with Crippen molar-refractivity contribution in [3.63, 3.8) is 0 Å². The fourth-order valence-electron chi connectivity index (χ4n) is 1.97. The molecule has 0 radical (unpaired) electrons. The van der Waals surface area contributed by atoms with Gasteiger partial charge in [0.25, 0.3) is 0 Å². The highest BCUT2D eigenvalue weighted by Crippen LogP contribution is 2.09. The predicted molar refractivity (Wildman–Crippen MR) is 94.8 cm³/mol. The van der Waals surface area contributed by atoms with Crippen LogP contribution in [0, 0.1) is 5.92 Å². The van der Waals surface area contributed by atoms with Crippen LogP contribution in [-0.4, -0.2) is 46.8 Å². The third-order valence-corrected chi connectivity index (χ3v) is 3.81. The molecule has 0 heterocycles. The molecule has 0 unspecified atom stereocenters. The summed E-state index contributed by atoms with van der Waals surface area (Å²) < 4.78 is 24.4. The highest BCUT2D eigenvalue weighted by molar-refractivity contribution is 7.88. The summed E-state index contributed by atoms with van der Waals surface area (Å²) in [6, 6.07) is 0. The fraction of sp³-hybridized carbons (Fsp3) is 0.933. The first-order valence-corrected chi connectivity index (χ1v) is 10.2. The van der Waals surface area contributed by atoms with Gasteiger partial charge in [0.15, 0.2) is 5.96 Å². The topological polar surface area (TPSA) is 82.6 Å². The minimum Gasteiger partial charge on any atom is -0.357 e. The molecule has 0 aromatic heterocycles. The van der Waals surface area contributed by atoms with Crippen LogP contribution >= 0.6 is 0 Å². The van der Waals surface area contributed by atoms with Gasteiger partial charge in [-0.3, -0.25) is 4.99 Å². The molecule has 3 N–H and O–H groups in total. The van der Waals surface area contributed by atoms with Crippen molar-refractivity contribution < 1.29 is 8.42 Å². The lowest BCUT2D eigenvalue weighted by Crippen LogP contribution is -2.41. The van der Waals surface area contributed by atoms with Crippen molar-refractivity contribution in [1.82, 2.24) is 15.4 Å². The van der Waals surface area contributed by atoms with Gasteiger partial charge in [0.2, 0.25) is 10.0 Å². The van der Waals surface area contributed by atoms with Gasteiger partial charge in [-0.15, -0.1) is 0 Å². The monoisotopic (exact) mass is 334 g/mol. The highest BCUT2D eigenvalue weighted by atomic mass is 32.2. The van der Waals surface area contributed by atoms with E-state index in [2.05, 4.69) is 34.2 Å². The maximum absolute atomic E-state index is 11.0. The van der Waals surface area contributed by atoms with Crippen molar-refractivity contribution in [1.29, 1.82) is 0 Å². The van der Waals surface area contributed by atoms with E-state index in [-0.39, 0.29) is 0 Å². The Morgan fingerprint density at radius 1 is 1.05 bits per heavy atom. The van der Waals surface area contributed by atoms with E-state index in [0.29, 0.717) is 13.1 Å². The number of hydrogen-bond donors (Lipinski definition) is 3. The Bertz CT molecular complexity index is 394. The van der Waals surface area contributed by atoms with Crippen molar-refractivity contribution in [3.05, 3.63) is 0 Å². The maximum Gasteiger partial charge on any atom is 0.208 e. The molecule has 0 bridgehead atoms. The van der Waals surface area contributed by atoms with E-state index in [4.69, 9.17) is 0 Å². The van der Waals surface area contributed by atoms with Crippen molar-refractivity contribution in [2.24, 2.45) is 10.9 Å². The average Bonchev–Trinajstić information content (AvgIpc) is 2.40. The number of hydrogen-bond acceptors (Lipinski definition) is 3.